The van der Waals surface area contributed by atoms with Gasteiger partial charge in [-0.1, -0.05) is 37.2 Å². The maximum Gasteiger partial charge on any atom is 0.252 e. The van der Waals surface area contributed by atoms with Crippen molar-refractivity contribution in [1.82, 2.24) is 14.9 Å². The number of aromatic nitrogens is 2. The van der Waals surface area contributed by atoms with Gasteiger partial charge in [-0.25, -0.2) is 9.98 Å². The summed E-state index contributed by atoms with van der Waals surface area (Å²) in [6, 6.07) is 3.95. The van der Waals surface area contributed by atoms with E-state index in [1.54, 1.807) is 31.7 Å². The van der Waals surface area contributed by atoms with Crippen LogP contribution in [0.3, 0.4) is 0 Å². The quantitative estimate of drug-likeness (QED) is 0.387. The van der Waals surface area contributed by atoms with Gasteiger partial charge in [0.25, 0.3) is 5.95 Å². The molecule has 8 heteroatoms. The summed E-state index contributed by atoms with van der Waals surface area (Å²) in [5, 5.41) is 0.361. The summed E-state index contributed by atoms with van der Waals surface area (Å²) < 4.78 is 10.8. The van der Waals surface area contributed by atoms with Crippen molar-refractivity contribution in [3.63, 3.8) is 0 Å². The number of rotatable bonds is 7. The zero-order valence-corrected chi connectivity index (χ0v) is 17.4. The van der Waals surface area contributed by atoms with Crippen LogP contribution in [-0.4, -0.2) is 49.5 Å². The highest BCUT2D eigenvalue weighted by atomic mass is 35.5. The topological polar surface area (TPSA) is 59.8 Å². The lowest BCUT2D eigenvalue weighted by atomic mass is 10.0. The second-order valence-electron chi connectivity index (χ2n) is 6.04. The molecule has 26 heavy (non-hydrogen) atoms. The fourth-order valence-corrected chi connectivity index (χ4v) is 3.46. The van der Waals surface area contributed by atoms with Crippen LogP contribution in [0.2, 0.25) is 5.15 Å². The molecule has 0 atom stereocenters. The fourth-order valence-electron chi connectivity index (χ4n) is 2.17. The maximum atomic E-state index is 6.34. The SMILES string of the molecule is COc1cc(Sc2cnc(N=CN(C)C)nc2Cl)c(C(C)C)cc1OC. The smallest absolute Gasteiger partial charge is 0.252 e. The number of benzene rings is 1. The van der Waals surface area contributed by atoms with Crippen molar-refractivity contribution in [2.24, 2.45) is 4.99 Å². The van der Waals surface area contributed by atoms with Crippen molar-refractivity contribution in [1.29, 1.82) is 0 Å². The molecule has 0 amide bonds. The Kier molecular flexibility index (Phi) is 7.11. The highest BCUT2D eigenvalue weighted by Gasteiger charge is 2.16. The van der Waals surface area contributed by atoms with E-state index in [1.165, 1.54) is 11.8 Å². The lowest BCUT2D eigenvalue weighted by Crippen LogP contribution is -2.07. The molecule has 0 fully saturated rings. The third kappa shape index (κ3) is 5.02. The van der Waals surface area contributed by atoms with Gasteiger partial charge in [-0.15, -0.1) is 0 Å². The van der Waals surface area contributed by atoms with Crippen LogP contribution in [0.5, 0.6) is 11.5 Å². The molecule has 2 aromatic rings. The molecule has 0 aliphatic carbocycles. The van der Waals surface area contributed by atoms with E-state index in [-0.39, 0.29) is 0 Å². The normalized spacial score (nSPS) is 11.2. The first-order valence-electron chi connectivity index (χ1n) is 8.02. The van der Waals surface area contributed by atoms with E-state index < -0.39 is 0 Å². The summed E-state index contributed by atoms with van der Waals surface area (Å²) >= 11 is 7.84. The molecule has 0 bridgehead atoms. The van der Waals surface area contributed by atoms with Crippen LogP contribution >= 0.6 is 23.4 Å². The van der Waals surface area contributed by atoms with Gasteiger partial charge in [0.15, 0.2) is 11.5 Å². The number of hydrogen-bond donors (Lipinski definition) is 0. The Morgan fingerprint density at radius 1 is 1.15 bits per heavy atom. The molecule has 1 aromatic carbocycles. The van der Waals surface area contributed by atoms with Gasteiger partial charge in [0.2, 0.25) is 0 Å². The third-order valence-corrected chi connectivity index (χ3v) is 4.95. The van der Waals surface area contributed by atoms with E-state index in [1.807, 2.05) is 26.2 Å². The molecule has 140 valence electrons. The van der Waals surface area contributed by atoms with Gasteiger partial charge < -0.3 is 14.4 Å². The molecule has 0 saturated heterocycles. The first-order chi connectivity index (χ1) is 12.3. The summed E-state index contributed by atoms with van der Waals surface area (Å²) in [6.07, 6.45) is 3.31. The van der Waals surface area contributed by atoms with Gasteiger partial charge in [0.1, 0.15) is 5.15 Å². The Bertz CT molecular complexity index is 797. The Balaban J connectivity index is 2.38. The maximum absolute atomic E-state index is 6.34. The van der Waals surface area contributed by atoms with Crippen LogP contribution in [0.1, 0.15) is 25.3 Å². The number of methoxy groups -OCH3 is 2. The average Bonchev–Trinajstić information content (AvgIpc) is 2.61. The molecule has 1 aromatic heterocycles. The lowest BCUT2D eigenvalue weighted by Gasteiger charge is -2.17. The highest BCUT2D eigenvalue weighted by molar-refractivity contribution is 7.99. The molecule has 1 heterocycles. The van der Waals surface area contributed by atoms with Crippen LogP contribution in [0.4, 0.5) is 5.95 Å². The first-order valence-corrected chi connectivity index (χ1v) is 9.22. The molecule has 0 aliphatic heterocycles. The number of halogens is 1. The second kappa shape index (κ2) is 9.09. The van der Waals surface area contributed by atoms with E-state index in [2.05, 4.69) is 28.8 Å². The van der Waals surface area contributed by atoms with Crippen molar-refractivity contribution in [3.05, 3.63) is 29.0 Å². The molecular formula is C18H23ClN4O2S. The standard InChI is InChI=1S/C18H23ClN4O2S/c1-11(2)12-7-13(24-5)14(25-6)8-15(12)26-16-9-20-18(22-17(16)19)21-10-23(3)4/h7-11H,1-6H3. The predicted octanol–water partition coefficient (Wildman–Crippen LogP) is 4.64. The first kappa shape index (κ1) is 20.3. The Morgan fingerprint density at radius 3 is 2.35 bits per heavy atom. The number of ether oxygens (including phenoxy) is 2. The summed E-state index contributed by atoms with van der Waals surface area (Å²) in [5.41, 5.74) is 1.14. The highest BCUT2D eigenvalue weighted by Crippen LogP contribution is 2.42. The van der Waals surface area contributed by atoms with Crippen molar-refractivity contribution >= 4 is 35.6 Å². The molecular weight excluding hydrogens is 372 g/mol. The van der Waals surface area contributed by atoms with E-state index >= 15 is 0 Å². The molecule has 0 spiro atoms. The summed E-state index contributed by atoms with van der Waals surface area (Å²) in [6.45, 7) is 4.25. The van der Waals surface area contributed by atoms with E-state index in [0.717, 1.165) is 15.4 Å². The summed E-state index contributed by atoms with van der Waals surface area (Å²) in [5.74, 6) is 2.00. The summed E-state index contributed by atoms with van der Waals surface area (Å²) in [4.78, 5) is 16.2. The van der Waals surface area contributed by atoms with Crippen molar-refractivity contribution in [3.8, 4) is 11.5 Å². The number of hydrogen-bond acceptors (Lipinski definition) is 6. The molecule has 0 N–H and O–H groups in total. The molecule has 0 aliphatic rings. The minimum absolute atomic E-state index is 0.306. The van der Waals surface area contributed by atoms with Crippen LogP contribution < -0.4 is 9.47 Å². The predicted molar refractivity (Wildman–Crippen MR) is 107 cm³/mol. The minimum atomic E-state index is 0.306. The average molecular weight is 395 g/mol. The molecule has 0 radical (unpaired) electrons. The number of nitrogens with zero attached hydrogens (tertiary/aromatic N) is 4. The van der Waals surface area contributed by atoms with Crippen molar-refractivity contribution in [2.75, 3.05) is 28.3 Å². The Morgan fingerprint density at radius 2 is 1.81 bits per heavy atom. The Hall–Kier alpha value is -1.99. The van der Waals surface area contributed by atoms with Crippen LogP contribution in [0.25, 0.3) is 0 Å². The van der Waals surface area contributed by atoms with Crippen LogP contribution in [0, 0.1) is 0 Å². The van der Waals surface area contributed by atoms with Crippen LogP contribution in [-0.2, 0) is 0 Å². The largest absolute Gasteiger partial charge is 0.493 e. The third-order valence-electron chi connectivity index (χ3n) is 3.46. The van der Waals surface area contributed by atoms with Gasteiger partial charge >= 0.3 is 0 Å². The van der Waals surface area contributed by atoms with Gasteiger partial charge in [-0.3, -0.25) is 0 Å². The molecule has 0 unspecified atom stereocenters. The number of aliphatic imine (C=N–C) groups is 1. The van der Waals surface area contributed by atoms with E-state index in [9.17, 15) is 0 Å². The molecule has 2 rings (SSSR count). The Labute approximate surface area is 163 Å². The van der Waals surface area contributed by atoms with Crippen molar-refractivity contribution in [2.45, 2.75) is 29.6 Å². The molecule has 6 nitrogen and oxygen atoms in total. The van der Waals surface area contributed by atoms with E-state index in [0.29, 0.717) is 28.5 Å². The fraction of sp³-hybridized carbons (Fsp3) is 0.389. The molecule has 0 saturated carbocycles. The monoisotopic (exact) mass is 394 g/mol. The van der Waals surface area contributed by atoms with Gasteiger partial charge in [-0.2, -0.15) is 4.98 Å². The zero-order chi connectivity index (χ0) is 19.3. The minimum Gasteiger partial charge on any atom is -0.493 e. The lowest BCUT2D eigenvalue weighted by molar-refractivity contribution is 0.353. The van der Waals surface area contributed by atoms with Gasteiger partial charge in [0.05, 0.1) is 25.5 Å². The van der Waals surface area contributed by atoms with Gasteiger partial charge in [0, 0.05) is 25.2 Å². The second-order valence-corrected chi connectivity index (χ2v) is 7.48. The zero-order valence-electron chi connectivity index (χ0n) is 15.8. The van der Waals surface area contributed by atoms with Crippen molar-refractivity contribution < 1.29 is 9.47 Å². The van der Waals surface area contributed by atoms with Gasteiger partial charge in [-0.05, 0) is 23.6 Å². The van der Waals surface area contributed by atoms with Crippen LogP contribution in [0.15, 0.2) is 33.1 Å². The van der Waals surface area contributed by atoms with E-state index in [4.69, 9.17) is 21.1 Å². The summed E-state index contributed by atoms with van der Waals surface area (Å²) in [7, 11) is 7.00.